The van der Waals surface area contributed by atoms with Crippen molar-refractivity contribution in [2.24, 2.45) is 12.8 Å². The number of aromatic hydroxyl groups is 1. The Morgan fingerprint density at radius 3 is 2.18 bits per heavy atom. The Labute approximate surface area is 104 Å². The maximum absolute atomic E-state index is 11.0. The number of nitrogens with two attached hydrogens (primary N) is 1. The summed E-state index contributed by atoms with van der Waals surface area (Å²) in [6.07, 6.45) is 1.64. The number of rotatable bonds is 2. The molecule has 4 N–H and O–H groups in total. The minimum Gasteiger partial charge on any atom is -0.504 e. The molecule has 5 heteroatoms. The molecule has 1 aromatic rings. The lowest BCUT2D eigenvalue weighted by Gasteiger charge is -2.21. The standard InChI is InChI=1S/C10H17N3O2.2CH4/c1-10(2,3)12-6-5-13(4)7(8(6)14)9(11)15;;/h5,12,14H,1-4H3,(H2,11,15);2*1H4. The zero-order valence-corrected chi connectivity index (χ0v) is 9.46. The van der Waals surface area contributed by atoms with E-state index in [-0.39, 0.29) is 31.8 Å². The molecule has 0 bridgehead atoms. The van der Waals surface area contributed by atoms with E-state index in [1.807, 2.05) is 20.8 Å². The maximum atomic E-state index is 11.0. The summed E-state index contributed by atoms with van der Waals surface area (Å²) in [6, 6.07) is 0. The fourth-order valence-corrected chi connectivity index (χ4v) is 1.40. The van der Waals surface area contributed by atoms with Gasteiger partial charge < -0.3 is 20.7 Å². The van der Waals surface area contributed by atoms with Crippen molar-refractivity contribution in [2.75, 3.05) is 5.32 Å². The summed E-state index contributed by atoms with van der Waals surface area (Å²) in [4.78, 5) is 11.0. The van der Waals surface area contributed by atoms with Crippen LogP contribution in [-0.2, 0) is 7.05 Å². The number of carbonyl (C=O) groups excluding carboxylic acids is 1. The van der Waals surface area contributed by atoms with Gasteiger partial charge in [0.2, 0.25) is 0 Å². The average molecular weight is 243 g/mol. The van der Waals surface area contributed by atoms with Gasteiger partial charge in [0.1, 0.15) is 0 Å². The first-order chi connectivity index (χ1) is 6.72. The van der Waals surface area contributed by atoms with Crippen molar-refractivity contribution in [2.45, 2.75) is 41.2 Å². The molecule has 1 rings (SSSR count). The van der Waals surface area contributed by atoms with Crippen LogP contribution in [0.2, 0.25) is 0 Å². The summed E-state index contributed by atoms with van der Waals surface area (Å²) in [5.74, 6) is -0.739. The largest absolute Gasteiger partial charge is 0.504 e. The van der Waals surface area contributed by atoms with Crippen LogP contribution in [0.5, 0.6) is 5.75 Å². The smallest absolute Gasteiger partial charge is 0.269 e. The SMILES string of the molecule is C.C.Cn1cc(NC(C)(C)C)c(O)c1C(N)=O. The Balaban J connectivity index is 0. The molecule has 0 spiro atoms. The molecule has 0 atom stereocenters. The molecule has 0 saturated heterocycles. The Hall–Kier alpha value is -1.65. The Morgan fingerprint density at radius 1 is 1.41 bits per heavy atom. The number of primary amides is 1. The lowest BCUT2D eigenvalue weighted by Crippen LogP contribution is -2.25. The summed E-state index contributed by atoms with van der Waals surface area (Å²) in [5.41, 5.74) is 5.58. The van der Waals surface area contributed by atoms with Crippen molar-refractivity contribution in [3.05, 3.63) is 11.9 Å². The van der Waals surface area contributed by atoms with Crippen LogP contribution in [0, 0.1) is 0 Å². The predicted octanol–water partition coefficient (Wildman–Crippen LogP) is 2.31. The molecule has 0 unspecified atom stereocenters. The zero-order valence-electron chi connectivity index (χ0n) is 9.46. The van der Waals surface area contributed by atoms with Gasteiger partial charge in [-0.05, 0) is 20.8 Å². The summed E-state index contributed by atoms with van der Waals surface area (Å²) in [5, 5.41) is 12.8. The summed E-state index contributed by atoms with van der Waals surface area (Å²) in [6.45, 7) is 5.89. The second-order valence-corrected chi connectivity index (χ2v) is 4.59. The van der Waals surface area contributed by atoms with E-state index >= 15 is 0 Å². The number of anilines is 1. The van der Waals surface area contributed by atoms with Crippen LogP contribution in [-0.4, -0.2) is 21.1 Å². The van der Waals surface area contributed by atoms with Crippen LogP contribution in [0.15, 0.2) is 6.20 Å². The van der Waals surface area contributed by atoms with Crippen LogP contribution in [0.25, 0.3) is 0 Å². The number of aryl methyl sites for hydroxylation is 1. The van der Waals surface area contributed by atoms with E-state index in [1.54, 1.807) is 13.2 Å². The topological polar surface area (TPSA) is 80.3 Å². The van der Waals surface area contributed by atoms with Crippen molar-refractivity contribution in [3.63, 3.8) is 0 Å². The Kier molecular flexibility index (Phi) is 5.85. The van der Waals surface area contributed by atoms with Gasteiger partial charge in [0.25, 0.3) is 5.91 Å². The Bertz CT molecular complexity index is 389. The zero-order chi connectivity index (χ0) is 11.8. The van der Waals surface area contributed by atoms with E-state index in [4.69, 9.17) is 5.73 Å². The second kappa shape index (κ2) is 5.61. The molecule has 0 aromatic carbocycles. The third-order valence-electron chi connectivity index (χ3n) is 1.90. The number of carbonyl (C=O) groups is 1. The minimum atomic E-state index is -0.642. The molecule has 0 aliphatic heterocycles. The molecule has 17 heavy (non-hydrogen) atoms. The summed E-state index contributed by atoms with van der Waals surface area (Å²) in [7, 11) is 1.66. The van der Waals surface area contributed by atoms with Crippen molar-refractivity contribution >= 4 is 11.6 Å². The van der Waals surface area contributed by atoms with Gasteiger partial charge in [0, 0.05) is 18.8 Å². The maximum Gasteiger partial charge on any atom is 0.269 e. The van der Waals surface area contributed by atoms with Gasteiger partial charge in [-0.1, -0.05) is 14.9 Å². The van der Waals surface area contributed by atoms with E-state index in [0.717, 1.165) is 0 Å². The van der Waals surface area contributed by atoms with Crippen LogP contribution in [0.4, 0.5) is 5.69 Å². The molecule has 1 amide bonds. The predicted molar refractivity (Wildman–Crippen MR) is 72.4 cm³/mol. The number of hydrogen-bond donors (Lipinski definition) is 3. The van der Waals surface area contributed by atoms with Gasteiger partial charge in [0.05, 0.1) is 5.69 Å². The van der Waals surface area contributed by atoms with Crippen LogP contribution < -0.4 is 11.1 Å². The molecule has 100 valence electrons. The summed E-state index contributed by atoms with van der Waals surface area (Å²) < 4.78 is 1.51. The van der Waals surface area contributed by atoms with Gasteiger partial charge in [-0.25, -0.2) is 0 Å². The molecule has 0 aliphatic rings. The van der Waals surface area contributed by atoms with Gasteiger partial charge in [-0.3, -0.25) is 4.79 Å². The molecule has 1 aromatic heterocycles. The van der Waals surface area contributed by atoms with Gasteiger partial charge >= 0.3 is 0 Å². The molecular formula is C12H25N3O2. The van der Waals surface area contributed by atoms with Gasteiger partial charge in [0.15, 0.2) is 11.4 Å². The fourth-order valence-electron chi connectivity index (χ4n) is 1.40. The highest BCUT2D eigenvalue weighted by Gasteiger charge is 2.20. The monoisotopic (exact) mass is 243 g/mol. The highest BCUT2D eigenvalue weighted by atomic mass is 16.3. The van der Waals surface area contributed by atoms with Gasteiger partial charge in [-0.15, -0.1) is 0 Å². The average Bonchev–Trinajstić information content (AvgIpc) is 2.23. The molecule has 0 fully saturated rings. The lowest BCUT2D eigenvalue weighted by atomic mass is 10.1. The fraction of sp³-hybridized carbons (Fsp3) is 0.583. The Morgan fingerprint density at radius 2 is 1.88 bits per heavy atom. The number of hydrogen-bond acceptors (Lipinski definition) is 3. The van der Waals surface area contributed by atoms with E-state index in [0.29, 0.717) is 5.69 Å². The van der Waals surface area contributed by atoms with E-state index in [9.17, 15) is 9.90 Å². The van der Waals surface area contributed by atoms with Crippen LogP contribution in [0.1, 0.15) is 46.1 Å². The first kappa shape index (κ1) is 17.7. The number of amides is 1. The summed E-state index contributed by atoms with van der Waals surface area (Å²) >= 11 is 0. The molecule has 0 aliphatic carbocycles. The van der Waals surface area contributed by atoms with Crippen molar-refractivity contribution in [1.82, 2.24) is 4.57 Å². The molecule has 0 saturated carbocycles. The molecule has 0 radical (unpaired) electrons. The molecular weight excluding hydrogens is 218 g/mol. The van der Waals surface area contributed by atoms with Crippen LogP contribution in [0.3, 0.4) is 0 Å². The highest BCUT2D eigenvalue weighted by Crippen LogP contribution is 2.30. The molecule has 5 nitrogen and oxygen atoms in total. The van der Waals surface area contributed by atoms with Crippen molar-refractivity contribution in [3.8, 4) is 5.75 Å². The first-order valence-corrected chi connectivity index (χ1v) is 4.68. The lowest BCUT2D eigenvalue weighted by molar-refractivity contribution is 0.0990. The van der Waals surface area contributed by atoms with Crippen molar-refractivity contribution in [1.29, 1.82) is 0 Å². The second-order valence-electron chi connectivity index (χ2n) is 4.59. The third kappa shape index (κ3) is 4.01. The first-order valence-electron chi connectivity index (χ1n) is 4.68. The highest BCUT2D eigenvalue weighted by molar-refractivity contribution is 5.96. The van der Waals surface area contributed by atoms with E-state index in [1.165, 1.54) is 4.57 Å². The van der Waals surface area contributed by atoms with E-state index in [2.05, 4.69) is 5.32 Å². The minimum absolute atomic E-state index is 0. The van der Waals surface area contributed by atoms with Crippen LogP contribution >= 0.6 is 0 Å². The normalized spacial score (nSPS) is 10.1. The quantitative estimate of drug-likeness (QED) is 0.745. The number of aromatic nitrogens is 1. The molecule has 1 heterocycles. The number of nitrogens with zero attached hydrogens (tertiary/aromatic N) is 1. The third-order valence-corrected chi connectivity index (χ3v) is 1.90. The van der Waals surface area contributed by atoms with E-state index < -0.39 is 5.91 Å². The van der Waals surface area contributed by atoms with Crippen molar-refractivity contribution < 1.29 is 9.90 Å². The number of nitrogens with one attached hydrogen (secondary N) is 1. The van der Waals surface area contributed by atoms with Gasteiger partial charge in [-0.2, -0.15) is 0 Å².